The quantitative estimate of drug-likeness (QED) is 0.447. The molecule has 202 valence electrons. The Hall–Kier alpha value is -1.93. The van der Waals surface area contributed by atoms with Crippen LogP contribution in [0.1, 0.15) is 87.5 Å². The topological polar surface area (TPSA) is 109 Å². The number of anilines is 1. The molecule has 7 nitrogen and oxygen atoms in total. The van der Waals surface area contributed by atoms with E-state index in [1.807, 2.05) is 39.5 Å². The number of nitrogens with one attached hydrogen (secondary N) is 1. The molecule has 0 aromatic carbocycles. The van der Waals surface area contributed by atoms with Gasteiger partial charge >= 0.3 is 0 Å². The third kappa shape index (κ3) is 21.9. The highest BCUT2D eigenvalue weighted by atomic mass is 32.1. The first-order valence-electron chi connectivity index (χ1n) is 11.9. The van der Waals surface area contributed by atoms with Gasteiger partial charge in [-0.15, -0.1) is 11.3 Å². The summed E-state index contributed by atoms with van der Waals surface area (Å²) in [7, 11) is 1.00. The molecule has 2 amide bonds. The monoisotopic (exact) mass is 502 g/mol. The van der Waals surface area contributed by atoms with Crippen molar-refractivity contribution in [2.75, 3.05) is 25.9 Å². The molecule has 1 aliphatic heterocycles. The van der Waals surface area contributed by atoms with Crippen LogP contribution in [0.5, 0.6) is 0 Å². The Morgan fingerprint density at radius 1 is 1.32 bits per heavy atom. The second kappa shape index (κ2) is 21.6. The molecule has 8 heteroatoms. The number of thiazole rings is 1. The van der Waals surface area contributed by atoms with Gasteiger partial charge in [0.2, 0.25) is 12.3 Å². The fourth-order valence-corrected chi connectivity index (χ4v) is 3.06. The fraction of sp³-hybridized carbons (Fsp3) is 0.731. The molecule has 1 aromatic rings. The summed E-state index contributed by atoms with van der Waals surface area (Å²) in [6.07, 6.45) is 3.03. The SMILES string of the molecule is C=C(C)NC=O.CC.CC.CC1CN(C(=O)CC(C)(C)C)CC1(C)C.CO.Cc1cnc(N)s1. The van der Waals surface area contributed by atoms with Gasteiger partial charge in [0, 0.05) is 43.4 Å². The molecule has 0 aliphatic carbocycles. The third-order valence-corrected chi connectivity index (χ3v) is 5.15. The van der Waals surface area contributed by atoms with Crippen molar-refractivity contribution in [3.05, 3.63) is 23.3 Å². The van der Waals surface area contributed by atoms with E-state index in [1.54, 1.807) is 13.1 Å². The lowest BCUT2D eigenvalue weighted by Crippen LogP contribution is -2.32. The average molecular weight is 503 g/mol. The van der Waals surface area contributed by atoms with Crippen molar-refractivity contribution in [2.24, 2.45) is 16.7 Å². The first kappa shape index (κ1) is 39.3. The maximum Gasteiger partial charge on any atom is 0.223 e. The standard InChI is InChI=1S/C13H25NO.C4H6N2S.C4H7NO.2C2H6.CH4O/c1-10-8-14(9-13(10,5)6)11(15)7-12(2,3)4;1-3-2-6-4(5)7-3;1-4(2)5-3-6;3*1-2/h10H,7-9H2,1-6H3;2H,1H3,(H2,5,6);3H,1H2,2H3,(H,5,6);2*1-2H3;2H,1H3. The molecule has 1 aromatic heterocycles. The normalized spacial score (nSPS) is 15.0. The van der Waals surface area contributed by atoms with E-state index in [0.717, 1.165) is 25.1 Å². The lowest BCUT2D eigenvalue weighted by molar-refractivity contribution is -0.132. The molecule has 0 bridgehead atoms. The molecular weight excluding hydrogens is 448 g/mol. The van der Waals surface area contributed by atoms with Crippen molar-refractivity contribution < 1.29 is 14.7 Å². The molecule has 1 fully saturated rings. The van der Waals surface area contributed by atoms with Crippen LogP contribution >= 0.6 is 11.3 Å². The third-order valence-electron chi connectivity index (χ3n) is 4.41. The van der Waals surface area contributed by atoms with Crippen LogP contribution < -0.4 is 11.1 Å². The van der Waals surface area contributed by atoms with Gasteiger partial charge in [-0.05, 0) is 30.6 Å². The van der Waals surface area contributed by atoms with E-state index in [0.29, 0.717) is 35.5 Å². The number of aryl methyl sites for hydroxylation is 1. The number of nitrogens with zero attached hydrogens (tertiary/aromatic N) is 2. The Labute approximate surface area is 214 Å². The predicted octanol–water partition coefficient (Wildman–Crippen LogP) is 5.89. The van der Waals surface area contributed by atoms with Crippen LogP contribution in [-0.4, -0.2) is 47.5 Å². The van der Waals surface area contributed by atoms with Gasteiger partial charge in [-0.1, -0.05) is 75.8 Å². The van der Waals surface area contributed by atoms with Gasteiger partial charge in [0.15, 0.2) is 5.13 Å². The maximum atomic E-state index is 12.0. The molecule has 1 aliphatic rings. The van der Waals surface area contributed by atoms with Crippen LogP contribution in [0.15, 0.2) is 18.5 Å². The fourth-order valence-electron chi connectivity index (χ4n) is 2.52. The molecule has 1 atom stereocenters. The Kier molecular flexibility index (Phi) is 25.0. The number of amides is 2. The van der Waals surface area contributed by atoms with E-state index in [1.165, 1.54) is 11.3 Å². The van der Waals surface area contributed by atoms with E-state index in [4.69, 9.17) is 10.8 Å². The summed E-state index contributed by atoms with van der Waals surface area (Å²) in [6.45, 7) is 30.1. The van der Waals surface area contributed by atoms with E-state index < -0.39 is 0 Å². The van der Waals surface area contributed by atoms with Crippen LogP contribution in [0, 0.1) is 23.7 Å². The summed E-state index contributed by atoms with van der Waals surface area (Å²) in [4.78, 5) is 28.5. The number of nitrogen functional groups attached to an aromatic ring is 1. The molecule has 2 heterocycles. The van der Waals surface area contributed by atoms with Crippen LogP contribution in [0.25, 0.3) is 0 Å². The van der Waals surface area contributed by atoms with Gasteiger partial charge in [-0.25, -0.2) is 4.98 Å². The van der Waals surface area contributed by atoms with Crippen molar-refractivity contribution in [1.82, 2.24) is 15.2 Å². The molecular formula is C26H54N4O3S. The minimum Gasteiger partial charge on any atom is -0.400 e. The second-order valence-electron chi connectivity index (χ2n) is 9.25. The zero-order valence-corrected chi connectivity index (χ0v) is 25.0. The molecule has 0 spiro atoms. The van der Waals surface area contributed by atoms with Crippen molar-refractivity contribution in [2.45, 2.75) is 89.5 Å². The number of hydrogen-bond donors (Lipinski definition) is 3. The van der Waals surface area contributed by atoms with Crippen molar-refractivity contribution in [3.8, 4) is 0 Å². The molecule has 1 unspecified atom stereocenters. The minimum atomic E-state index is 0.104. The lowest BCUT2D eigenvalue weighted by atomic mass is 9.84. The van der Waals surface area contributed by atoms with Crippen LogP contribution in [0.2, 0.25) is 0 Å². The van der Waals surface area contributed by atoms with Gasteiger partial charge in [-0.2, -0.15) is 0 Å². The number of likely N-dealkylation sites (tertiary alicyclic amines) is 1. The Balaban J connectivity index is -0.000000198. The van der Waals surface area contributed by atoms with Gasteiger partial charge in [-0.3, -0.25) is 9.59 Å². The summed E-state index contributed by atoms with van der Waals surface area (Å²) >= 11 is 1.51. The van der Waals surface area contributed by atoms with Crippen LogP contribution in [0.3, 0.4) is 0 Å². The average Bonchev–Trinajstić information content (AvgIpc) is 3.26. The van der Waals surface area contributed by atoms with Gasteiger partial charge in [0.25, 0.3) is 0 Å². The molecule has 34 heavy (non-hydrogen) atoms. The maximum absolute atomic E-state index is 12.0. The lowest BCUT2D eigenvalue weighted by Gasteiger charge is -2.24. The van der Waals surface area contributed by atoms with Crippen molar-refractivity contribution >= 4 is 28.8 Å². The van der Waals surface area contributed by atoms with Crippen molar-refractivity contribution in [1.29, 1.82) is 0 Å². The predicted molar refractivity (Wildman–Crippen MR) is 150 cm³/mol. The number of allylic oxidation sites excluding steroid dienone is 1. The highest BCUT2D eigenvalue weighted by Crippen LogP contribution is 2.35. The van der Waals surface area contributed by atoms with Crippen LogP contribution in [0.4, 0.5) is 5.13 Å². The number of aromatic nitrogens is 1. The summed E-state index contributed by atoms with van der Waals surface area (Å²) in [5.41, 5.74) is 6.35. The summed E-state index contributed by atoms with van der Waals surface area (Å²) < 4.78 is 0. The summed E-state index contributed by atoms with van der Waals surface area (Å²) in [5, 5.41) is 9.98. The zero-order chi connectivity index (χ0) is 28.1. The first-order chi connectivity index (χ1) is 15.7. The molecule has 4 N–H and O–H groups in total. The van der Waals surface area contributed by atoms with Gasteiger partial charge < -0.3 is 21.1 Å². The van der Waals surface area contributed by atoms with E-state index in [9.17, 15) is 9.59 Å². The molecule has 2 rings (SSSR count). The minimum absolute atomic E-state index is 0.104. The first-order valence-corrected chi connectivity index (χ1v) is 12.8. The van der Waals surface area contributed by atoms with Crippen molar-refractivity contribution in [3.63, 3.8) is 0 Å². The number of nitrogens with two attached hydrogens (primary N) is 1. The number of hydrogen-bond acceptors (Lipinski definition) is 6. The van der Waals surface area contributed by atoms with Crippen LogP contribution in [-0.2, 0) is 9.59 Å². The Morgan fingerprint density at radius 2 is 1.79 bits per heavy atom. The number of aliphatic hydroxyl groups is 1. The van der Waals surface area contributed by atoms with Gasteiger partial charge in [0.05, 0.1) is 0 Å². The zero-order valence-electron chi connectivity index (χ0n) is 24.2. The largest absolute Gasteiger partial charge is 0.400 e. The van der Waals surface area contributed by atoms with E-state index >= 15 is 0 Å². The van der Waals surface area contributed by atoms with Gasteiger partial charge in [0.1, 0.15) is 0 Å². The Morgan fingerprint density at radius 3 is 1.97 bits per heavy atom. The molecule has 0 radical (unpaired) electrons. The highest BCUT2D eigenvalue weighted by Gasteiger charge is 2.38. The Bertz CT molecular complexity index is 636. The second-order valence-corrected chi connectivity index (χ2v) is 10.5. The van der Waals surface area contributed by atoms with E-state index in [-0.39, 0.29) is 10.8 Å². The smallest absolute Gasteiger partial charge is 0.223 e. The number of rotatable bonds is 3. The molecule has 0 saturated carbocycles. The highest BCUT2D eigenvalue weighted by molar-refractivity contribution is 7.15. The molecule has 1 saturated heterocycles. The summed E-state index contributed by atoms with van der Waals surface area (Å²) in [5.74, 6) is 0.932. The number of carbonyl (C=O) groups excluding carboxylic acids is 2. The van der Waals surface area contributed by atoms with E-state index in [2.05, 4.69) is 58.4 Å². The number of carbonyl (C=O) groups is 2. The number of aliphatic hydroxyl groups excluding tert-OH is 1. The summed E-state index contributed by atoms with van der Waals surface area (Å²) in [6, 6.07) is 0.